The SMILES string of the molecule is O=C(O)CCCCCCCNC(=O)c1cc(Cl)c2c(c1)OCO2. The fraction of sp³-hybridized carbons (Fsp3) is 0.500. The number of carboxylic acids is 1. The highest BCUT2D eigenvalue weighted by atomic mass is 35.5. The summed E-state index contributed by atoms with van der Waals surface area (Å²) in [6, 6.07) is 3.19. The molecule has 0 aromatic heterocycles. The van der Waals surface area contributed by atoms with Gasteiger partial charge in [-0.05, 0) is 25.0 Å². The zero-order valence-electron chi connectivity index (χ0n) is 12.8. The first-order valence-corrected chi connectivity index (χ1v) is 8.05. The summed E-state index contributed by atoms with van der Waals surface area (Å²) in [5.41, 5.74) is 0.445. The number of fused-ring (bicyclic) bond motifs is 1. The van der Waals surface area contributed by atoms with Gasteiger partial charge in [0.15, 0.2) is 11.5 Å². The van der Waals surface area contributed by atoms with Crippen molar-refractivity contribution in [2.75, 3.05) is 13.3 Å². The molecule has 0 saturated carbocycles. The van der Waals surface area contributed by atoms with Crippen molar-refractivity contribution in [3.8, 4) is 11.5 Å². The molecule has 2 N–H and O–H groups in total. The van der Waals surface area contributed by atoms with Gasteiger partial charge in [0.2, 0.25) is 6.79 Å². The number of nitrogens with one attached hydrogen (secondary N) is 1. The molecule has 1 aromatic rings. The predicted octanol–water partition coefficient (Wildman–Crippen LogP) is 3.22. The smallest absolute Gasteiger partial charge is 0.303 e. The van der Waals surface area contributed by atoms with Crippen LogP contribution >= 0.6 is 11.6 Å². The Hall–Kier alpha value is -1.95. The van der Waals surface area contributed by atoms with Gasteiger partial charge in [-0.25, -0.2) is 0 Å². The van der Waals surface area contributed by atoms with Crippen molar-refractivity contribution in [3.63, 3.8) is 0 Å². The molecule has 2 rings (SSSR count). The summed E-state index contributed by atoms with van der Waals surface area (Å²) in [6.45, 7) is 0.686. The minimum Gasteiger partial charge on any atom is -0.481 e. The first kappa shape index (κ1) is 17.4. The molecule has 0 saturated heterocycles. The molecule has 1 heterocycles. The van der Waals surface area contributed by atoms with Crippen molar-refractivity contribution >= 4 is 23.5 Å². The van der Waals surface area contributed by atoms with E-state index in [0.29, 0.717) is 35.1 Å². The topological polar surface area (TPSA) is 84.9 Å². The average Bonchev–Trinajstić information content (AvgIpc) is 2.98. The normalized spacial score (nSPS) is 12.2. The van der Waals surface area contributed by atoms with Crippen molar-refractivity contribution in [1.82, 2.24) is 5.32 Å². The molecule has 7 heteroatoms. The maximum absolute atomic E-state index is 12.1. The van der Waals surface area contributed by atoms with Gasteiger partial charge in [0, 0.05) is 18.5 Å². The number of unbranched alkanes of at least 4 members (excludes halogenated alkanes) is 4. The Bertz CT molecular complexity index is 576. The van der Waals surface area contributed by atoms with E-state index in [0.717, 1.165) is 25.7 Å². The standard InChI is InChI=1S/C16H20ClNO5/c17-12-8-11(9-13-15(12)23-10-22-13)16(21)18-7-5-3-1-2-4-6-14(19)20/h8-9H,1-7,10H2,(H,18,21)(H,19,20). The monoisotopic (exact) mass is 341 g/mol. The molecule has 0 bridgehead atoms. The molecule has 1 amide bonds. The van der Waals surface area contributed by atoms with E-state index in [2.05, 4.69) is 5.32 Å². The number of hydrogen-bond acceptors (Lipinski definition) is 4. The Morgan fingerprint density at radius 2 is 1.87 bits per heavy atom. The van der Waals surface area contributed by atoms with Crippen LogP contribution in [-0.2, 0) is 4.79 Å². The van der Waals surface area contributed by atoms with E-state index in [1.165, 1.54) is 0 Å². The summed E-state index contributed by atoms with van der Waals surface area (Å²) < 4.78 is 10.4. The molecule has 0 atom stereocenters. The van der Waals surface area contributed by atoms with Crippen LogP contribution in [0.3, 0.4) is 0 Å². The Labute approximate surface area is 139 Å². The third-order valence-corrected chi connectivity index (χ3v) is 3.82. The van der Waals surface area contributed by atoms with Crippen LogP contribution in [-0.4, -0.2) is 30.3 Å². The first-order chi connectivity index (χ1) is 11.1. The number of carboxylic acid groups (broad SMARTS) is 1. The number of rotatable bonds is 9. The highest BCUT2D eigenvalue weighted by Crippen LogP contribution is 2.39. The van der Waals surface area contributed by atoms with Gasteiger partial charge in [-0.3, -0.25) is 9.59 Å². The lowest BCUT2D eigenvalue weighted by Crippen LogP contribution is -2.24. The van der Waals surface area contributed by atoms with Gasteiger partial charge in [-0.1, -0.05) is 30.9 Å². The van der Waals surface area contributed by atoms with Crippen LogP contribution in [0, 0.1) is 0 Å². The molecule has 6 nitrogen and oxygen atoms in total. The van der Waals surface area contributed by atoms with Crippen LogP contribution < -0.4 is 14.8 Å². The van der Waals surface area contributed by atoms with E-state index < -0.39 is 5.97 Å². The molecule has 0 spiro atoms. The van der Waals surface area contributed by atoms with Crippen molar-refractivity contribution in [3.05, 3.63) is 22.7 Å². The third kappa shape index (κ3) is 5.32. The van der Waals surface area contributed by atoms with Crippen molar-refractivity contribution in [1.29, 1.82) is 0 Å². The number of halogens is 1. The number of carbonyl (C=O) groups is 2. The van der Waals surface area contributed by atoms with Crippen LogP contribution in [0.5, 0.6) is 11.5 Å². The van der Waals surface area contributed by atoms with Crippen molar-refractivity contribution < 1.29 is 24.2 Å². The molecule has 0 aliphatic carbocycles. The minimum absolute atomic E-state index is 0.113. The summed E-state index contributed by atoms with van der Waals surface area (Å²) in [5, 5.41) is 11.7. The zero-order chi connectivity index (χ0) is 16.7. The summed E-state index contributed by atoms with van der Waals surface area (Å²) in [5.74, 6) is 0.0152. The van der Waals surface area contributed by atoms with Crippen molar-refractivity contribution in [2.24, 2.45) is 0 Å². The predicted molar refractivity (Wildman–Crippen MR) is 85.2 cm³/mol. The maximum Gasteiger partial charge on any atom is 0.303 e. The van der Waals surface area contributed by atoms with E-state index >= 15 is 0 Å². The number of hydrogen-bond donors (Lipinski definition) is 2. The fourth-order valence-electron chi connectivity index (χ4n) is 2.33. The lowest BCUT2D eigenvalue weighted by molar-refractivity contribution is -0.137. The van der Waals surface area contributed by atoms with E-state index in [1.807, 2.05) is 0 Å². The fourth-order valence-corrected chi connectivity index (χ4v) is 2.60. The number of amides is 1. The van der Waals surface area contributed by atoms with Gasteiger partial charge in [0.25, 0.3) is 5.91 Å². The average molecular weight is 342 g/mol. The largest absolute Gasteiger partial charge is 0.481 e. The van der Waals surface area contributed by atoms with Crippen LogP contribution in [0.15, 0.2) is 12.1 Å². The maximum atomic E-state index is 12.1. The summed E-state index contributed by atoms with van der Waals surface area (Å²) in [7, 11) is 0. The zero-order valence-corrected chi connectivity index (χ0v) is 13.5. The van der Waals surface area contributed by atoms with Gasteiger partial charge >= 0.3 is 5.97 Å². The van der Waals surface area contributed by atoms with Gasteiger partial charge in [-0.15, -0.1) is 0 Å². The van der Waals surface area contributed by atoms with Crippen LogP contribution in [0.25, 0.3) is 0 Å². The molecular weight excluding hydrogens is 322 g/mol. The number of carbonyl (C=O) groups excluding carboxylic acids is 1. The first-order valence-electron chi connectivity index (χ1n) is 7.67. The summed E-state index contributed by atoms with van der Waals surface area (Å²) >= 11 is 6.05. The highest BCUT2D eigenvalue weighted by Gasteiger charge is 2.20. The van der Waals surface area contributed by atoms with Crippen LogP contribution in [0.2, 0.25) is 5.02 Å². The van der Waals surface area contributed by atoms with Gasteiger partial charge in [0.1, 0.15) is 0 Å². The Morgan fingerprint density at radius 3 is 2.65 bits per heavy atom. The molecular formula is C16H20ClNO5. The van der Waals surface area contributed by atoms with E-state index in [4.69, 9.17) is 26.2 Å². The van der Waals surface area contributed by atoms with Gasteiger partial charge in [-0.2, -0.15) is 0 Å². The van der Waals surface area contributed by atoms with Crippen LogP contribution in [0.1, 0.15) is 48.9 Å². The van der Waals surface area contributed by atoms with E-state index in [-0.39, 0.29) is 19.1 Å². The minimum atomic E-state index is -0.750. The molecule has 23 heavy (non-hydrogen) atoms. The molecule has 1 aromatic carbocycles. The number of aliphatic carboxylic acids is 1. The molecule has 126 valence electrons. The van der Waals surface area contributed by atoms with E-state index in [9.17, 15) is 9.59 Å². The second-order valence-electron chi connectivity index (χ2n) is 5.36. The Kier molecular flexibility index (Phi) is 6.52. The number of ether oxygens (including phenoxy) is 2. The molecule has 0 fully saturated rings. The molecule has 0 radical (unpaired) electrons. The highest BCUT2D eigenvalue weighted by molar-refractivity contribution is 6.32. The lowest BCUT2D eigenvalue weighted by atomic mass is 10.1. The summed E-state index contributed by atoms with van der Waals surface area (Å²) in [6.07, 6.45) is 4.62. The third-order valence-electron chi connectivity index (χ3n) is 3.54. The Morgan fingerprint density at radius 1 is 1.13 bits per heavy atom. The van der Waals surface area contributed by atoms with Crippen LogP contribution in [0.4, 0.5) is 0 Å². The molecule has 1 aliphatic rings. The second-order valence-corrected chi connectivity index (χ2v) is 5.77. The van der Waals surface area contributed by atoms with E-state index in [1.54, 1.807) is 12.1 Å². The molecule has 1 aliphatic heterocycles. The van der Waals surface area contributed by atoms with Crippen molar-refractivity contribution in [2.45, 2.75) is 38.5 Å². The Balaban J connectivity index is 1.66. The van der Waals surface area contributed by atoms with Gasteiger partial charge < -0.3 is 19.9 Å². The number of benzene rings is 1. The lowest BCUT2D eigenvalue weighted by Gasteiger charge is -2.07. The second kappa shape index (κ2) is 8.62. The molecule has 0 unspecified atom stereocenters. The summed E-state index contributed by atoms with van der Waals surface area (Å²) in [4.78, 5) is 22.4. The quantitative estimate of drug-likeness (QED) is 0.674. The van der Waals surface area contributed by atoms with Gasteiger partial charge in [0.05, 0.1) is 5.02 Å².